The van der Waals surface area contributed by atoms with Crippen molar-refractivity contribution in [2.24, 2.45) is 0 Å². The van der Waals surface area contributed by atoms with Crippen molar-refractivity contribution in [2.75, 3.05) is 17.2 Å². The number of rotatable bonds is 7. The summed E-state index contributed by atoms with van der Waals surface area (Å²) in [6.45, 7) is 1.63. The summed E-state index contributed by atoms with van der Waals surface area (Å²) in [5, 5.41) is 15.5. The average molecular weight is 565 g/mol. The first-order valence-corrected chi connectivity index (χ1v) is 12.5. The van der Waals surface area contributed by atoms with Crippen molar-refractivity contribution in [3.63, 3.8) is 0 Å². The summed E-state index contributed by atoms with van der Waals surface area (Å²) in [5.41, 5.74) is 2.56. The van der Waals surface area contributed by atoms with Crippen molar-refractivity contribution in [3.8, 4) is 28.4 Å². The minimum Gasteiger partial charge on any atom is -0.507 e. The maximum atomic E-state index is 13.0. The number of aromatic hydroxyl groups is 1. The lowest BCUT2D eigenvalue weighted by molar-refractivity contribution is -0.152. The summed E-state index contributed by atoms with van der Waals surface area (Å²) in [6, 6.07) is 23.8. The molecule has 0 spiro atoms. The number of carbonyl (C=O) groups excluding carboxylic acids is 3. The summed E-state index contributed by atoms with van der Waals surface area (Å²) >= 11 is 12.6. The van der Waals surface area contributed by atoms with E-state index in [0.29, 0.717) is 5.69 Å². The largest absolute Gasteiger partial charge is 0.507 e. The molecule has 0 aliphatic carbocycles. The second-order valence-corrected chi connectivity index (χ2v) is 8.94. The first-order valence-electron chi connectivity index (χ1n) is 11.7. The molecule has 8 nitrogen and oxygen atoms in total. The van der Waals surface area contributed by atoms with Gasteiger partial charge in [-0.15, -0.1) is 0 Å². The molecule has 4 rings (SSSR count). The first kappa shape index (κ1) is 27.5. The Bertz CT molecular complexity index is 1520. The minimum atomic E-state index is -1.05. The lowest BCUT2D eigenvalue weighted by atomic mass is 10.1. The van der Waals surface area contributed by atoms with Crippen molar-refractivity contribution >= 4 is 52.4 Å². The Kier molecular flexibility index (Phi) is 8.70. The predicted octanol–water partition coefficient (Wildman–Crippen LogP) is 6.91. The molecule has 10 heteroatoms. The van der Waals surface area contributed by atoms with Gasteiger partial charge in [-0.1, -0.05) is 65.7 Å². The second-order valence-electron chi connectivity index (χ2n) is 8.13. The van der Waals surface area contributed by atoms with Gasteiger partial charge in [0.15, 0.2) is 5.75 Å². The van der Waals surface area contributed by atoms with Gasteiger partial charge in [-0.2, -0.15) is 0 Å². The van der Waals surface area contributed by atoms with Crippen molar-refractivity contribution in [3.05, 3.63) is 101 Å². The Labute approximate surface area is 234 Å². The molecule has 0 radical (unpaired) electrons. The van der Waals surface area contributed by atoms with Crippen LogP contribution in [-0.2, 0) is 14.3 Å². The number of hydrogen-bond acceptors (Lipinski definition) is 6. The third-order valence-electron chi connectivity index (χ3n) is 5.38. The quantitative estimate of drug-likeness (QED) is 0.166. The molecule has 4 aromatic rings. The monoisotopic (exact) mass is 564 g/mol. The smallest absolute Gasteiger partial charge is 0.397 e. The molecule has 39 heavy (non-hydrogen) atoms. The molecule has 0 bridgehead atoms. The number of esters is 1. The standard InChI is InChI=1S/C29H22Cl2N2O6/c1-2-38-29(37)28(36)33-20-14-23(30)26(24(31)15-20)39-21-11-12-25(34)22(16-21)27(35)32-19-10-6-9-18(13-19)17-7-4-3-5-8-17/h3-16,34H,2H2,1H3,(H,32,35)(H,33,36). The van der Waals surface area contributed by atoms with Crippen LogP contribution in [0, 0.1) is 0 Å². The van der Waals surface area contributed by atoms with Gasteiger partial charge < -0.3 is 25.2 Å². The maximum absolute atomic E-state index is 13.0. The first-order chi connectivity index (χ1) is 18.7. The molecule has 0 aromatic heterocycles. The van der Waals surface area contributed by atoms with Gasteiger partial charge in [0.05, 0.1) is 22.2 Å². The zero-order valence-corrected chi connectivity index (χ0v) is 22.0. The Morgan fingerprint density at radius 1 is 0.795 bits per heavy atom. The normalized spacial score (nSPS) is 10.4. The van der Waals surface area contributed by atoms with Crippen LogP contribution >= 0.6 is 23.2 Å². The van der Waals surface area contributed by atoms with Crippen molar-refractivity contribution in [2.45, 2.75) is 6.92 Å². The minimum absolute atomic E-state index is 0.0264. The van der Waals surface area contributed by atoms with E-state index in [1.54, 1.807) is 13.0 Å². The summed E-state index contributed by atoms with van der Waals surface area (Å²) in [6.07, 6.45) is 0. The van der Waals surface area contributed by atoms with Gasteiger partial charge in [-0.05, 0) is 60.5 Å². The Balaban J connectivity index is 1.51. The topological polar surface area (TPSA) is 114 Å². The number of phenols is 1. The highest BCUT2D eigenvalue weighted by atomic mass is 35.5. The van der Waals surface area contributed by atoms with Crippen LogP contribution in [-0.4, -0.2) is 29.5 Å². The van der Waals surface area contributed by atoms with E-state index < -0.39 is 17.8 Å². The number of carbonyl (C=O) groups is 3. The third-order valence-corrected chi connectivity index (χ3v) is 5.94. The van der Waals surface area contributed by atoms with Crippen LogP contribution in [0.1, 0.15) is 17.3 Å². The van der Waals surface area contributed by atoms with Crippen molar-refractivity contribution < 1.29 is 29.0 Å². The Morgan fingerprint density at radius 3 is 2.18 bits per heavy atom. The number of nitrogens with one attached hydrogen (secondary N) is 2. The number of halogens is 2. The molecule has 0 saturated heterocycles. The van der Waals surface area contributed by atoms with E-state index in [2.05, 4.69) is 15.4 Å². The number of hydrogen-bond donors (Lipinski definition) is 3. The molecule has 0 aliphatic rings. The number of benzene rings is 4. The second kappa shape index (κ2) is 12.3. The van der Waals surface area contributed by atoms with E-state index in [9.17, 15) is 19.5 Å². The van der Waals surface area contributed by atoms with Crippen LogP contribution < -0.4 is 15.4 Å². The van der Waals surface area contributed by atoms with Crippen molar-refractivity contribution in [1.82, 2.24) is 0 Å². The average Bonchev–Trinajstić information content (AvgIpc) is 2.92. The fourth-order valence-electron chi connectivity index (χ4n) is 3.59. The van der Waals surface area contributed by atoms with Crippen LogP contribution in [0.15, 0.2) is 84.9 Å². The van der Waals surface area contributed by atoms with Crippen LogP contribution in [0.5, 0.6) is 17.2 Å². The lowest BCUT2D eigenvalue weighted by Gasteiger charge is -2.14. The molecule has 2 amide bonds. The number of anilines is 2. The van der Waals surface area contributed by atoms with E-state index in [4.69, 9.17) is 27.9 Å². The van der Waals surface area contributed by atoms with Gasteiger partial charge in [-0.25, -0.2) is 4.79 Å². The molecular formula is C29H22Cl2N2O6. The summed E-state index contributed by atoms with van der Waals surface area (Å²) in [4.78, 5) is 36.5. The van der Waals surface area contributed by atoms with Gasteiger partial charge in [-0.3, -0.25) is 9.59 Å². The van der Waals surface area contributed by atoms with Crippen LogP contribution in [0.25, 0.3) is 11.1 Å². The molecule has 198 valence electrons. The van der Waals surface area contributed by atoms with Gasteiger partial charge in [0.2, 0.25) is 0 Å². The number of phenolic OH excluding ortho intramolecular Hbond substituents is 1. The van der Waals surface area contributed by atoms with Gasteiger partial charge >= 0.3 is 11.9 Å². The SMILES string of the molecule is CCOC(=O)C(=O)Nc1cc(Cl)c(Oc2ccc(O)c(C(=O)Nc3cccc(-c4ccccc4)c3)c2)c(Cl)c1. The fourth-order valence-corrected chi connectivity index (χ4v) is 4.16. The molecule has 0 fully saturated rings. The van der Waals surface area contributed by atoms with Crippen molar-refractivity contribution in [1.29, 1.82) is 0 Å². The highest BCUT2D eigenvalue weighted by molar-refractivity contribution is 6.39. The molecule has 0 saturated carbocycles. The van der Waals surface area contributed by atoms with Gasteiger partial charge in [0.1, 0.15) is 11.5 Å². The van der Waals surface area contributed by atoms with E-state index >= 15 is 0 Å². The molecular weight excluding hydrogens is 543 g/mol. The summed E-state index contributed by atoms with van der Waals surface area (Å²) in [5.74, 6) is -2.64. The Morgan fingerprint density at radius 2 is 1.49 bits per heavy atom. The lowest BCUT2D eigenvalue weighted by Crippen LogP contribution is -2.24. The van der Waals surface area contributed by atoms with Crippen LogP contribution in [0.3, 0.4) is 0 Å². The zero-order chi connectivity index (χ0) is 27.9. The molecule has 0 heterocycles. The molecule has 0 atom stereocenters. The molecule has 0 aliphatic heterocycles. The fraction of sp³-hybridized carbons (Fsp3) is 0.0690. The number of amides is 2. The molecule has 0 unspecified atom stereocenters. The summed E-state index contributed by atoms with van der Waals surface area (Å²) < 4.78 is 10.4. The maximum Gasteiger partial charge on any atom is 0.397 e. The summed E-state index contributed by atoms with van der Waals surface area (Å²) in [7, 11) is 0. The van der Waals surface area contributed by atoms with Gasteiger partial charge in [0, 0.05) is 11.4 Å². The highest BCUT2D eigenvalue weighted by Gasteiger charge is 2.19. The van der Waals surface area contributed by atoms with E-state index in [-0.39, 0.29) is 45.2 Å². The highest BCUT2D eigenvalue weighted by Crippen LogP contribution is 2.39. The third kappa shape index (κ3) is 6.87. The predicted molar refractivity (Wildman–Crippen MR) is 150 cm³/mol. The Hall–Kier alpha value is -4.53. The van der Waals surface area contributed by atoms with E-state index in [1.165, 1.54) is 30.3 Å². The molecule has 3 N–H and O–H groups in total. The molecule has 4 aromatic carbocycles. The van der Waals surface area contributed by atoms with Gasteiger partial charge in [0.25, 0.3) is 5.91 Å². The van der Waals surface area contributed by atoms with Crippen LogP contribution in [0.4, 0.5) is 11.4 Å². The van der Waals surface area contributed by atoms with E-state index in [0.717, 1.165) is 11.1 Å². The van der Waals surface area contributed by atoms with E-state index in [1.807, 2.05) is 48.5 Å². The van der Waals surface area contributed by atoms with Crippen LogP contribution in [0.2, 0.25) is 10.0 Å². The number of ether oxygens (including phenoxy) is 2. The zero-order valence-electron chi connectivity index (χ0n) is 20.5.